The van der Waals surface area contributed by atoms with Crippen molar-refractivity contribution in [3.63, 3.8) is 0 Å². The Hall–Kier alpha value is 0.270. The second kappa shape index (κ2) is 11.3. The van der Waals surface area contributed by atoms with Crippen molar-refractivity contribution >= 4 is 11.8 Å². The fraction of sp³-hybridized carbons (Fsp3) is 1.00. The molecule has 0 unspecified atom stereocenters. The van der Waals surface area contributed by atoms with Crippen LogP contribution in [0.2, 0.25) is 0 Å². The highest BCUT2D eigenvalue weighted by molar-refractivity contribution is 7.99. The molecule has 0 aromatic carbocycles. The highest BCUT2D eigenvalue weighted by Crippen LogP contribution is 2.05. The van der Waals surface area contributed by atoms with E-state index in [0.717, 1.165) is 13.2 Å². The molecule has 0 rings (SSSR count). The lowest BCUT2D eigenvalue weighted by Gasteiger charge is -2.01. The lowest BCUT2D eigenvalue weighted by molar-refractivity contribution is 0.200. The van der Waals surface area contributed by atoms with Crippen molar-refractivity contribution < 1.29 is 4.74 Å². The number of hydrogen-bond donors (Lipinski definition) is 1. The number of unbranched alkanes of at least 4 members (excludes halogenated alkanes) is 1. The predicted octanol–water partition coefficient (Wildman–Crippen LogP) is 1.76. The lowest BCUT2D eigenvalue weighted by atomic mass is 10.3. The molecule has 0 aromatic heterocycles. The average molecular weight is 191 g/mol. The number of methoxy groups -OCH3 is 1. The van der Waals surface area contributed by atoms with Crippen molar-refractivity contribution in [1.29, 1.82) is 0 Å². The van der Waals surface area contributed by atoms with E-state index >= 15 is 0 Å². The van der Waals surface area contributed by atoms with Crippen LogP contribution in [-0.4, -0.2) is 38.8 Å². The minimum atomic E-state index is 0.906. The number of nitrogens with one attached hydrogen (secondary N) is 1. The Morgan fingerprint density at radius 2 is 1.92 bits per heavy atom. The van der Waals surface area contributed by atoms with E-state index in [4.69, 9.17) is 4.74 Å². The van der Waals surface area contributed by atoms with Gasteiger partial charge >= 0.3 is 0 Å². The third kappa shape index (κ3) is 10.3. The lowest BCUT2D eigenvalue weighted by Crippen LogP contribution is -2.07. The van der Waals surface area contributed by atoms with Crippen LogP contribution in [0.25, 0.3) is 0 Å². The van der Waals surface area contributed by atoms with Gasteiger partial charge in [0.15, 0.2) is 0 Å². The summed E-state index contributed by atoms with van der Waals surface area (Å²) < 4.78 is 4.96. The molecule has 0 bridgehead atoms. The summed E-state index contributed by atoms with van der Waals surface area (Å²) in [7, 11) is 3.77. The highest BCUT2D eigenvalue weighted by Gasteiger charge is 1.89. The van der Waals surface area contributed by atoms with E-state index in [9.17, 15) is 0 Å². The first-order valence-corrected chi connectivity index (χ1v) is 5.78. The number of thioether (sulfide) groups is 1. The third-order valence-corrected chi connectivity index (χ3v) is 2.76. The van der Waals surface area contributed by atoms with Crippen LogP contribution in [0, 0.1) is 0 Å². The van der Waals surface area contributed by atoms with Gasteiger partial charge in [0.2, 0.25) is 0 Å². The third-order valence-electron chi connectivity index (χ3n) is 1.60. The van der Waals surface area contributed by atoms with Gasteiger partial charge in [-0.25, -0.2) is 0 Å². The predicted molar refractivity (Wildman–Crippen MR) is 57.0 cm³/mol. The summed E-state index contributed by atoms with van der Waals surface area (Å²) in [6.07, 6.45) is 3.82. The number of ether oxygens (including phenoxy) is 1. The van der Waals surface area contributed by atoms with Crippen LogP contribution in [0.4, 0.5) is 0 Å². The van der Waals surface area contributed by atoms with Gasteiger partial charge in [0, 0.05) is 13.7 Å². The molecule has 0 aromatic rings. The van der Waals surface area contributed by atoms with Crippen LogP contribution in [-0.2, 0) is 4.74 Å². The van der Waals surface area contributed by atoms with Crippen molar-refractivity contribution in [2.24, 2.45) is 0 Å². The molecule has 0 saturated carbocycles. The summed E-state index contributed by atoms with van der Waals surface area (Å²) in [5.41, 5.74) is 0. The Morgan fingerprint density at radius 1 is 1.17 bits per heavy atom. The van der Waals surface area contributed by atoms with Gasteiger partial charge in [0.25, 0.3) is 0 Å². The minimum absolute atomic E-state index is 0.906. The first kappa shape index (κ1) is 12.3. The Bertz CT molecular complexity index is 70.9. The molecule has 0 radical (unpaired) electrons. The number of rotatable bonds is 9. The van der Waals surface area contributed by atoms with Crippen LogP contribution >= 0.6 is 11.8 Å². The van der Waals surface area contributed by atoms with E-state index in [-0.39, 0.29) is 0 Å². The van der Waals surface area contributed by atoms with Gasteiger partial charge in [-0.2, -0.15) is 11.8 Å². The van der Waals surface area contributed by atoms with Gasteiger partial charge in [-0.3, -0.25) is 0 Å². The van der Waals surface area contributed by atoms with Gasteiger partial charge in [-0.1, -0.05) is 0 Å². The van der Waals surface area contributed by atoms with E-state index in [1.165, 1.54) is 30.8 Å². The molecule has 0 heterocycles. The quantitative estimate of drug-likeness (QED) is 0.561. The van der Waals surface area contributed by atoms with Crippen molar-refractivity contribution in [3.05, 3.63) is 0 Å². The molecule has 74 valence electrons. The number of hydrogen-bond acceptors (Lipinski definition) is 3. The molecule has 0 amide bonds. The summed E-state index contributed by atoms with van der Waals surface area (Å²) in [6.45, 7) is 2.06. The van der Waals surface area contributed by atoms with E-state index in [0.29, 0.717) is 0 Å². The smallest absolute Gasteiger partial charge is 0.0470 e. The van der Waals surface area contributed by atoms with E-state index < -0.39 is 0 Å². The molecule has 0 fully saturated rings. The van der Waals surface area contributed by atoms with Crippen LogP contribution < -0.4 is 5.32 Å². The maximum atomic E-state index is 4.96. The zero-order chi connectivity index (χ0) is 9.07. The van der Waals surface area contributed by atoms with Gasteiger partial charge in [0.1, 0.15) is 0 Å². The molecule has 0 saturated heterocycles. The zero-order valence-corrected chi connectivity index (χ0v) is 9.08. The first-order chi connectivity index (χ1) is 5.91. The minimum Gasteiger partial charge on any atom is -0.385 e. The molecule has 12 heavy (non-hydrogen) atoms. The summed E-state index contributed by atoms with van der Waals surface area (Å²) in [4.78, 5) is 0. The van der Waals surface area contributed by atoms with Crippen LogP contribution in [0.1, 0.15) is 19.3 Å². The van der Waals surface area contributed by atoms with Crippen molar-refractivity contribution in [1.82, 2.24) is 5.32 Å². The molecule has 0 spiro atoms. The van der Waals surface area contributed by atoms with Crippen molar-refractivity contribution in [2.45, 2.75) is 19.3 Å². The Labute approximate surface area is 80.4 Å². The van der Waals surface area contributed by atoms with Gasteiger partial charge < -0.3 is 10.1 Å². The topological polar surface area (TPSA) is 21.3 Å². The van der Waals surface area contributed by atoms with E-state index in [1.807, 2.05) is 18.8 Å². The zero-order valence-electron chi connectivity index (χ0n) is 8.27. The largest absolute Gasteiger partial charge is 0.385 e. The molecule has 0 aliphatic carbocycles. The first-order valence-electron chi connectivity index (χ1n) is 4.63. The van der Waals surface area contributed by atoms with Crippen molar-refractivity contribution in [3.8, 4) is 0 Å². The van der Waals surface area contributed by atoms with Crippen LogP contribution in [0.15, 0.2) is 0 Å². The van der Waals surface area contributed by atoms with Gasteiger partial charge in [-0.05, 0) is 44.4 Å². The SMILES string of the molecule is CNCCCCSCCCOC. The Balaban J connectivity index is 2.73. The highest BCUT2D eigenvalue weighted by atomic mass is 32.2. The summed E-state index contributed by atoms with van der Waals surface area (Å²) in [6, 6.07) is 0. The summed E-state index contributed by atoms with van der Waals surface area (Å²) >= 11 is 2.04. The maximum Gasteiger partial charge on any atom is 0.0470 e. The van der Waals surface area contributed by atoms with Crippen molar-refractivity contribution in [2.75, 3.05) is 38.8 Å². The molecule has 0 aliphatic rings. The monoisotopic (exact) mass is 191 g/mol. The average Bonchev–Trinajstić information content (AvgIpc) is 2.10. The fourth-order valence-corrected chi connectivity index (χ4v) is 1.85. The summed E-state index contributed by atoms with van der Waals surface area (Å²) in [5, 5.41) is 3.15. The maximum absolute atomic E-state index is 4.96. The van der Waals surface area contributed by atoms with E-state index in [2.05, 4.69) is 5.32 Å². The molecule has 1 N–H and O–H groups in total. The molecule has 0 aliphatic heterocycles. The van der Waals surface area contributed by atoms with Gasteiger partial charge in [0.05, 0.1) is 0 Å². The Morgan fingerprint density at radius 3 is 2.58 bits per heavy atom. The standard InChI is InChI=1S/C9H21NOS/c1-10-6-3-4-8-12-9-5-7-11-2/h10H,3-9H2,1-2H3. The normalized spacial score (nSPS) is 10.5. The molecule has 0 atom stereocenters. The Kier molecular flexibility index (Phi) is 11.5. The second-order valence-electron chi connectivity index (χ2n) is 2.77. The van der Waals surface area contributed by atoms with Crippen LogP contribution in [0.3, 0.4) is 0 Å². The fourth-order valence-electron chi connectivity index (χ4n) is 0.913. The molecular formula is C9H21NOS. The van der Waals surface area contributed by atoms with Crippen LogP contribution in [0.5, 0.6) is 0 Å². The van der Waals surface area contributed by atoms with Gasteiger partial charge in [-0.15, -0.1) is 0 Å². The van der Waals surface area contributed by atoms with E-state index in [1.54, 1.807) is 7.11 Å². The molecular weight excluding hydrogens is 170 g/mol. The second-order valence-corrected chi connectivity index (χ2v) is 3.99. The summed E-state index contributed by atoms with van der Waals surface area (Å²) in [5.74, 6) is 2.54. The molecule has 3 heteroatoms. The molecule has 2 nitrogen and oxygen atoms in total.